The molecular formula is C18H13ClO3. The van der Waals surface area contributed by atoms with Crippen LogP contribution < -0.4 is 4.74 Å². The summed E-state index contributed by atoms with van der Waals surface area (Å²) in [5.74, 6) is -0.104. The highest BCUT2D eigenvalue weighted by Gasteiger charge is 2.29. The van der Waals surface area contributed by atoms with Crippen LogP contribution in [0.2, 0.25) is 5.02 Å². The minimum Gasteiger partial charge on any atom is -0.488 e. The molecule has 0 heterocycles. The zero-order chi connectivity index (χ0) is 15.7. The lowest BCUT2D eigenvalue weighted by Crippen LogP contribution is -2.17. The van der Waals surface area contributed by atoms with Crippen LogP contribution in [0.3, 0.4) is 0 Å². The molecule has 110 valence electrons. The van der Waals surface area contributed by atoms with Gasteiger partial charge in [0.2, 0.25) is 0 Å². The Bertz CT molecular complexity index is 791. The highest BCUT2D eigenvalue weighted by atomic mass is 35.5. The molecule has 0 atom stereocenters. The van der Waals surface area contributed by atoms with Crippen LogP contribution in [0.4, 0.5) is 0 Å². The van der Waals surface area contributed by atoms with Gasteiger partial charge in [-0.2, -0.15) is 0 Å². The van der Waals surface area contributed by atoms with Gasteiger partial charge in [-0.3, -0.25) is 9.59 Å². The summed E-state index contributed by atoms with van der Waals surface area (Å²) in [6.45, 7) is 1.93. The standard InChI is InChI=1S/C18H13ClO3/c1-11-9-14(20)17-15(8-7-13(19)16(17)18(11)21)22-10-12-5-3-2-4-6-12/h2-9H,10H2,1H3. The zero-order valence-electron chi connectivity index (χ0n) is 11.9. The largest absolute Gasteiger partial charge is 0.488 e. The van der Waals surface area contributed by atoms with Gasteiger partial charge < -0.3 is 4.74 Å². The average Bonchev–Trinajstić information content (AvgIpc) is 2.52. The maximum absolute atomic E-state index is 12.3. The molecule has 0 aromatic heterocycles. The minimum absolute atomic E-state index is 0.232. The fourth-order valence-corrected chi connectivity index (χ4v) is 2.66. The Labute approximate surface area is 133 Å². The van der Waals surface area contributed by atoms with Crippen LogP contribution in [0.25, 0.3) is 0 Å². The van der Waals surface area contributed by atoms with Gasteiger partial charge in [0.15, 0.2) is 11.6 Å². The van der Waals surface area contributed by atoms with Crippen LogP contribution in [0, 0.1) is 0 Å². The fraction of sp³-hybridized carbons (Fsp3) is 0.111. The molecule has 0 amide bonds. The van der Waals surface area contributed by atoms with Crippen LogP contribution in [-0.2, 0) is 6.61 Å². The van der Waals surface area contributed by atoms with Crippen LogP contribution in [0.1, 0.15) is 33.2 Å². The number of ketones is 2. The second-order valence-corrected chi connectivity index (χ2v) is 5.50. The number of Topliss-reactive ketones (excluding diaryl/α,β-unsaturated/α-hetero) is 1. The Morgan fingerprint density at radius 3 is 2.45 bits per heavy atom. The van der Waals surface area contributed by atoms with Gasteiger partial charge in [-0.1, -0.05) is 41.9 Å². The first-order valence-corrected chi connectivity index (χ1v) is 7.22. The summed E-state index contributed by atoms with van der Waals surface area (Å²) >= 11 is 6.10. The number of carbonyl (C=O) groups is 2. The fourth-order valence-electron chi connectivity index (χ4n) is 2.41. The molecule has 0 fully saturated rings. The number of carbonyl (C=O) groups excluding carboxylic acids is 2. The number of ether oxygens (including phenoxy) is 1. The van der Waals surface area contributed by atoms with Crippen molar-refractivity contribution in [3.8, 4) is 5.75 Å². The van der Waals surface area contributed by atoms with Crippen molar-refractivity contribution in [3.63, 3.8) is 0 Å². The van der Waals surface area contributed by atoms with E-state index in [-0.39, 0.29) is 27.7 Å². The molecule has 1 aliphatic rings. The van der Waals surface area contributed by atoms with E-state index in [1.165, 1.54) is 6.08 Å². The Kier molecular flexibility index (Phi) is 3.82. The number of allylic oxidation sites excluding steroid dienone is 2. The van der Waals surface area contributed by atoms with Crippen molar-refractivity contribution in [2.45, 2.75) is 13.5 Å². The highest BCUT2D eigenvalue weighted by molar-refractivity contribution is 6.38. The first-order chi connectivity index (χ1) is 10.6. The molecule has 0 radical (unpaired) electrons. The second-order valence-electron chi connectivity index (χ2n) is 5.09. The molecule has 22 heavy (non-hydrogen) atoms. The predicted molar refractivity (Wildman–Crippen MR) is 84.6 cm³/mol. The van der Waals surface area contributed by atoms with E-state index >= 15 is 0 Å². The predicted octanol–water partition coefficient (Wildman–Crippen LogP) is 4.24. The van der Waals surface area contributed by atoms with Gasteiger partial charge in [0, 0.05) is 5.57 Å². The van der Waals surface area contributed by atoms with Crippen LogP contribution in [0.15, 0.2) is 54.1 Å². The summed E-state index contributed by atoms with van der Waals surface area (Å²) in [5, 5.41) is 0.271. The maximum atomic E-state index is 12.3. The summed E-state index contributed by atoms with van der Waals surface area (Å²) in [6, 6.07) is 12.8. The molecule has 0 saturated heterocycles. The van der Waals surface area contributed by atoms with Crippen molar-refractivity contribution in [1.82, 2.24) is 0 Å². The molecule has 0 N–H and O–H groups in total. The first-order valence-electron chi connectivity index (χ1n) is 6.84. The number of rotatable bonds is 3. The molecule has 4 heteroatoms. The molecule has 0 unspecified atom stereocenters. The summed E-state index contributed by atoms with van der Waals surface area (Å²) in [6.07, 6.45) is 1.33. The SMILES string of the molecule is CC1=CC(=O)c2c(OCc3ccccc3)ccc(Cl)c2C1=O. The van der Waals surface area contributed by atoms with Gasteiger partial charge in [-0.25, -0.2) is 0 Å². The van der Waals surface area contributed by atoms with E-state index < -0.39 is 0 Å². The Hall–Kier alpha value is -2.39. The van der Waals surface area contributed by atoms with Crippen LogP contribution >= 0.6 is 11.6 Å². The third kappa shape index (κ3) is 2.55. The third-order valence-corrected chi connectivity index (χ3v) is 3.85. The average molecular weight is 313 g/mol. The van der Waals surface area contributed by atoms with E-state index in [0.29, 0.717) is 17.9 Å². The van der Waals surface area contributed by atoms with Crippen molar-refractivity contribution in [1.29, 1.82) is 0 Å². The zero-order valence-corrected chi connectivity index (χ0v) is 12.7. The number of hydrogen-bond acceptors (Lipinski definition) is 3. The van der Waals surface area contributed by atoms with Crippen LogP contribution in [0.5, 0.6) is 5.75 Å². The lowest BCUT2D eigenvalue weighted by molar-refractivity contribution is 0.0981. The molecule has 3 rings (SSSR count). The second kappa shape index (κ2) is 5.78. The van der Waals surface area contributed by atoms with Crippen LogP contribution in [-0.4, -0.2) is 11.6 Å². The van der Waals surface area contributed by atoms with Crippen molar-refractivity contribution in [2.75, 3.05) is 0 Å². The number of hydrogen-bond donors (Lipinski definition) is 0. The van der Waals surface area contributed by atoms with E-state index in [0.717, 1.165) is 5.56 Å². The molecule has 1 aliphatic carbocycles. The van der Waals surface area contributed by atoms with E-state index in [2.05, 4.69) is 0 Å². The number of fused-ring (bicyclic) bond motifs is 1. The number of benzene rings is 2. The minimum atomic E-state index is -0.252. The maximum Gasteiger partial charge on any atom is 0.191 e. The summed E-state index contributed by atoms with van der Waals surface area (Å²) in [4.78, 5) is 24.5. The van der Waals surface area contributed by atoms with Crippen molar-refractivity contribution in [2.24, 2.45) is 0 Å². The normalized spacial score (nSPS) is 13.6. The monoisotopic (exact) mass is 312 g/mol. The number of halogens is 1. The van der Waals surface area contributed by atoms with Gasteiger partial charge >= 0.3 is 0 Å². The summed E-state index contributed by atoms with van der Waals surface area (Å²) < 4.78 is 5.74. The smallest absolute Gasteiger partial charge is 0.191 e. The van der Waals surface area contributed by atoms with E-state index in [9.17, 15) is 9.59 Å². The van der Waals surface area contributed by atoms with Crippen molar-refractivity contribution >= 4 is 23.2 Å². The lowest BCUT2D eigenvalue weighted by atomic mass is 9.89. The Morgan fingerprint density at radius 2 is 1.73 bits per heavy atom. The van der Waals surface area contributed by atoms with E-state index in [4.69, 9.17) is 16.3 Å². The Morgan fingerprint density at radius 1 is 1.00 bits per heavy atom. The Balaban J connectivity index is 1.98. The van der Waals surface area contributed by atoms with Gasteiger partial charge in [-0.15, -0.1) is 0 Å². The van der Waals surface area contributed by atoms with Gasteiger partial charge in [-0.05, 0) is 30.7 Å². The molecular weight excluding hydrogens is 300 g/mol. The van der Waals surface area contributed by atoms with E-state index in [1.54, 1.807) is 19.1 Å². The van der Waals surface area contributed by atoms with Crippen molar-refractivity contribution < 1.29 is 14.3 Å². The highest BCUT2D eigenvalue weighted by Crippen LogP contribution is 2.34. The van der Waals surface area contributed by atoms with E-state index in [1.807, 2.05) is 30.3 Å². The quantitative estimate of drug-likeness (QED) is 0.851. The lowest BCUT2D eigenvalue weighted by Gasteiger charge is -2.18. The summed E-state index contributed by atoms with van der Waals surface area (Å²) in [5.41, 5.74) is 1.85. The third-order valence-electron chi connectivity index (χ3n) is 3.53. The van der Waals surface area contributed by atoms with Gasteiger partial charge in [0.05, 0.1) is 16.1 Å². The molecule has 0 aliphatic heterocycles. The molecule has 3 nitrogen and oxygen atoms in total. The summed E-state index contributed by atoms with van der Waals surface area (Å²) in [7, 11) is 0. The molecule has 2 aromatic rings. The molecule has 0 saturated carbocycles. The first kappa shape index (κ1) is 14.5. The van der Waals surface area contributed by atoms with Gasteiger partial charge in [0.1, 0.15) is 12.4 Å². The molecule has 2 aromatic carbocycles. The van der Waals surface area contributed by atoms with Crippen molar-refractivity contribution in [3.05, 3.63) is 75.8 Å². The molecule has 0 bridgehead atoms. The topological polar surface area (TPSA) is 43.4 Å². The molecule has 0 spiro atoms. The van der Waals surface area contributed by atoms with Gasteiger partial charge in [0.25, 0.3) is 0 Å².